The highest BCUT2D eigenvalue weighted by Gasteiger charge is 2.18. The summed E-state index contributed by atoms with van der Waals surface area (Å²) in [7, 11) is -3.71. The molecule has 0 unspecified atom stereocenters. The van der Waals surface area contributed by atoms with Crippen molar-refractivity contribution in [2.75, 3.05) is 6.26 Å². The molecule has 0 amide bonds. The maximum absolute atomic E-state index is 13.5. The molecule has 128 valence electrons. The Bertz CT molecular complexity index is 1120. The number of aromatic nitrogens is 2. The normalized spacial score (nSPS) is 11.5. The van der Waals surface area contributed by atoms with Crippen LogP contribution in [0.3, 0.4) is 0 Å². The van der Waals surface area contributed by atoms with Gasteiger partial charge in [-0.2, -0.15) is 9.78 Å². The number of benzene rings is 2. The molecule has 3 aromatic rings. The van der Waals surface area contributed by atoms with Crippen molar-refractivity contribution in [1.29, 1.82) is 0 Å². The summed E-state index contributed by atoms with van der Waals surface area (Å²) in [4.78, 5) is 11.8. The fourth-order valence-corrected chi connectivity index (χ4v) is 3.32. The molecule has 0 N–H and O–H groups in total. The van der Waals surface area contributed by atoms with Gasteiger partial charge in [0.1, 0.15) is 0 Å². The van der Waals surface area contributed by atoms with Crippen LogP contribution in [-0.4, -0.2) is 24.5 Å². The Morgan fingerprint density at radius 2 is 1.76 bits per heavy atom. The third kappa shape index (κ3) is 3.34. The second-order valence-electron chi connectivity index (χ2n) is 5.36. The van der Waals surface area contributed by atoms with E-state index in [0.29, 0.717) is 0 Å². The van der Waals surface area contributed by atoms with Gasteiger partial charge in [0.15, 0.2) is 21.5 Å². The Balaban J connectivity index is 2.26. The highest BCUT2D eigenvalue weighted by atomic mass is 32.2. The molecule has 2 aromatic carbocycles. The third-order valence-electron chi connectivity index (χ3n) is 3.56. The van der Waals surface area contributed by atoms with Gasteiger partial charge >= 0.3 is 0 Å². The molecule has 0 aliphatic rings. The van der Waals surface area contributed by atoms with Gasteiger partial charge in [0, 0.05) is 24.1 Å². The van der Waals surface area contributed by atoms with Crippen molar-refractivity contribution in [3.63, 3.8) is 0 Å². The quantitative estimate of drug-likeness (QED) is 0.718. The average Bonchev–Trinajstić information content (AvgIpc) is 2.56. The topological polar surface area (TPSA) is 69.0 Å². The van der Waals surface area contributed by atoms with E-state index in [1.165, 1.54) is 42.6 Å². The Morgan fingerprint density at radius 1 is 1.00 bits per heavy atom. The van der Waals surface area contributed by atoms with Crippen molar-refractivity contribution in [3.05, 3.63) is 76.7 Å². The van der Waals surface area contributed by atoms with E-state index < -0.39 is 27.0 Å². The summed E-state index contributed by atoms with van der Waals surface area (Å²) < 4.78 is 52.0. The van der Waals surface area contributed by atoms with Crippen LogP contribution in [0.2, 0.25) is 0 Å². The second-order valence-corrected chi connectivity index (χ2v) is 7.34. The van der Waals surface area contributed by atoms with Gasteiger partial charge in [-0.25, -0.2) is 17.2 Å². The standard InChI is InChI=1S/C17H12F2N2O3S/c1-25(23,24)16-10-12(21-17(22)3-2-8-20-21)5-6-13(16)11-4-7-14(18)15(19)9-11/h2-10H,1H3. The molecule has 0 saturated carbocycles. The molecule has 0 radical (unpaired) electrons. The van der Waals surface area contributed by atoms with Gasteiger partial charge < -0.3 is 0 Å². The van der Waals surface area contributed by atoms with E-state index in [9.17, 15) is 22.0 Å². The van der Waals surface area contributed by atoms with E-state index in [2.05, 4.69) is 5.10 Å². The second kappa shape index (κ2) is 6.21. The highest BCUT2D eigenvalue weighted by molar-refractivity contribution is 7.90. The molecule has 0 saturated heterocycles. The summed E-state index contributed by atoms with van der Waals surface area (Å²) in [6.45, 7) is 0. The van der Waals surface area contributed by atoms with Crippen LogP contribution in [0.15, 0.2) is 64.4 Å². The first-order chi connectivity index (χ1) is 11.8. The minimum atomic E-state index is -3.71. The number of nitrogens with zero attached hydrogens (tertiary/aromatic N) is 2. The first-order valence-electron chi connectivity index (χ1n) is 7.11. The molecule has 1 heterocycles. The van der Waals surface area contributed by atoms with Crippen LogP contribution < -0.4 is 5.56 Å². The van der Waals surface area contributed by atoms with Gasteiger partial charge in [-0.15, -0.1) is 0 Å². The summed E-state index contributed by atoms with van der Waals surface area (Å²) in [6.07, 6.45) is 2.39. The first kappa shape index (κ1) is 17.0. The van der Waals surface area contributed by atoms with E-state index in [-0.39, 0.29) is 21.7 Å². The van der Waals surface area contributed by atoms with Gasteiger partial charge in [0.2, 0.25) is 0 Å². The Morgan fingerprint density at radius 3 is 2.40 bits per heavy atom. The Labute approximate surface area is 142 Å². The van der Waals surface area contributed by atoms with Crippen LogP contribution in [0.25, 0.3) is 16.8 Å². The summed E-state index contributed by atoms with van der Waals surface area (Å²) in [6, 6.07) is 10.1. The first-order valence-corrected chi connectivity index (χ1v) is 9.01. The van der Waals surface area contributed by atoms with Crippen molar-refractivity contribution in [1.82, 2.24) is 9.78 Å². The van der Waals surface area contributed by atoms with E-state index in [0.717, 1.165) is 23.1 Å². The van der Waals surface area contributed by atoms with Gasteiger partial charge in [0.05, 0.1) is 10.6 Å². The van der Waals surface area contributed by atoms with Crippen molar-refractivity contribution >= 4 is 9.84 Å². The fraction of sp³-hybridized carbons (Fsp3) is 0.0588. The SMILES string of the molecule is CS(=O)(=O)c1cc(-n2ncccc2=O)ccc1-c1ccc(F)c(F)c1. The van der Waals surface area contributed by atoms with Crippen LogP contribution in [0.4, 0.5) is 8.78 Å². The maximum Gasteiger partial charge on any atom is 0.271 e. The largest absolute Gasteiger partial charge is 0.271 e. The minimum Gasteiger partial charge on any atom is -0.267 e. The predicted molar refractivity (Wildman–Crippen MR) is 88.3 cm³/mol. The number of hydrogen-bond acceptors (Lipinski definition) is 4. The van der Waals surface area contributed by atoms with Crippen LogP contribution in [0.5, 0.6) is 0 Å². The third-order valence-corrected chi connectivity index (χ3v) is 4.69. The molecular formula is C17H12F2N2O3S. The summed E-state index contributed by atoms with van der Waals surface area (Å²) >= 11 is 0. The average molecular weight is 362 g/mol. The van der Waals surface area contributed by atoms with Gasteiger partial charge in [-0.1, -0.05) is 12.1 Å². The van der Waals surface area contributed by atoms with E-state index in [1.807, 2.05) is 0 Å². The smallest absolute Gasteiger partial charge is 0.267 e. The van der Waals surface area contributed by atoms with Crippen molar-refractivity contribution in [3.8, 4) is 16.8 Å². The Hall–Kier alpha value is -2.87. The number of hydrogen-bond donors (Lipinski definition) is 0. The van der Waals surface area contributed by atoms with Crippen LogP contribution >= 0.6 is 0 Å². The summed E-state index contributed by atoms with van der Waals surface area (Å²) in [5.41, 5.74) is 0.230. The molecule has 0 fully saturated rings. The summed E-state index contributed by atoms with van der Waals surface area (Å²) in [5, 5.41) is 3.90. The van der Waals surface area contributed by atoms with Crippen LogP contribution in [-0.2, 0) is 9.84 Å². The molecule has 5 nitrogen and oxygen atoms in total. The van der Waals surface area contributed by atoms with E-state index in [4.69, 9.17) is 0 Å². The van der Waals surface area contributed by atoms with E-state index >= 15 is 0 Å². The van der Waals surface area contributed by atoms with Crippen LogP contribution in [0, 0.1) is 11.6 Å². The molecule has 8 heteroatoms. The van der Waals surface area contributed by atoms with Gasteiger partial charge in [0.25, 0.3) is 5.56 Å². The number of sulfone groups is 1. The van der Waals surface area contributed by atoms with Crippen molar-refractivity contribution in [2.24, 2.45) is 0 Å². The lowest BCUT2D eigenvalue weighted by atomic mass is 10.0. The monoisotopic (exact) mass is 362 g/mol. The summed E-state index contributed by atoms with van der Waals surface area (Å²) in [5.74, 6) is -2.11. The highest BCUT2D eigenvalue weighted by Crippen LogP contribution is 2.30. The molecule has 25 heavy (non-hydrogen) atoms. The minimum absolute atomic E-state index is 0.117. The maximum atomic E-state index is 13.5. The van der Waals surface area contributed by atoms with Gasteiger partial charge in [-0.05, 0) is 35.9 Å². The van der Waals surface area contributed by atoms with Crippen molar-refractivity contribution < 1.29 is 17.2 Å². The zero-order valence-electron chi connectivity index (χ0n) is 13.0. The zero-order valence-corrected chi connectivity index (χ0v) is 13.8. The number of rotatable bonds is 3. The molecule has 0 aliphatic carbocycles. The molecular weight excluding hydrogens is 350 g/mol. The molecule has 1 aromatic heterocycles. The molecule has 0 aliphatic heterocycles. The molecule has 0 atom stereocenters. The zero-order chi connectivity index (χ0) is 18.2. The van der Waals surface area contributed by atoms with Crippen LogP contribution in [0.1, 0.15) is 0 Å². The number of halogens is 2. The Kier molecular flexibility index (Phi) is 4.22. The molecule has 0 bridgehead atoms. The lowest BCUT2D eigenvalue weighted by Gasteiger charge is -2.12. The molecule has 3 rings (SSSR count). The lowest BCUT2D eigenvalue weighted by Crippen LogP contribution is -2.19. The fourth-order valence-electron chi connectivity index (χ4n) is 2.40. The molecule has 0 spiro atoms. The van der Waals surface area contributed by atoms with Crippen molar-refractivity contribution in [2.45, 2.75) is 4.90 Å². The lowest BCUT2D eigenvalue weighted by molar-refractivity contribution is 0.509. The van der Waals surface area contributed by atoms with Gasteiger partial charge in [-0.3, -0.25) is 4.79 Å². The predicted octanol–water partition coefficient (Wildman–Crippen LogP) is 2.58. The van der Waals surface area contributed by atoms with E-state index in [1.54, 1.807) is 0 Å².